The van der Waals surface area contributed by atoms with Crippen LogP contribution in [0.25, 0.3) is 0 Å². The summed E-state index contributed by atoms with van der Waals surface area (Å²) in [7, 11) is 0. The van der Waals surface area contributed by atoms with E-state index in [-0.39, 0.29) is 17.0 Å². The molecule has 0 aliphatic rings. The number of nitrogens with zero attached hydrogens (tertiary/aromatic N) is 2. The summed E-state index contributed by atoms with van der Waals surface area (Å²) in [5.74, 6) is -0.0928. The van der Waals surface area contributed by atoms with Crippen molar-refractivity contribution in [3.63, 3.8) is 0 Å². The minimum Gasteiger partial charge on any atom is -0.371 e. The van der Waals surface area contributed by atoms with E-state index in [9.17, 15) is 4.39 Å². The van der Waals surface area contributed by atoms with Crippen molar-refractivity contribution < 1.29 is 9.13 Å². The molecule has 0 saturated heterocycles. The van der Waals surface area contributed by atoms with Crippen molar-refractivity contribution in [2.75, 3.05) is 6.61 Å². The molecule has 1 rings (SSSR count). The summed E-state index contributed by atoms with van der Waals surface area (Å²) in [6.45, 7) is 6.09. The van der Waals surface area contributed by atoms with Gasteiger partial charge in [0.1, 0.15) is 6.10 Å². The third-order valence-electron chi connectivity index (χ3n) is 2.20. The van der Waals surface area contributed by atoms with Gasteiger partial charge in [0, 0.05) is 6.61 Å². The van der Waals surface area contributed by atoms with Gasteiger partial charge < -0.3 is 4.74 Å². The van der Waals surface area contributed by atoms with Gasteiger partial charge in [0.15, 0.2) is 16.8 Å². The summed E-state index contributed by atoms with van der Waals surface area (Å²) < 4.78 is 18.8. The Morgan fingerprint density at radius 1 is 1.38 bits per heavy atom. The Morgan fingerprint density at radius 2 is 2.06 bits per heavy atom. The smallest absolute Gasteiger partial charge is 0.181 e. The van der Waals surface area contributed by atoms with Crippen LogP contribution in [0.3, 0.4) is 0 Å². The van der Waals surface area contributed by atoms with Gasteiger partial charge >= 0.3 is 0 Å². The molecule has 5 heteroatoms. The molecule has 0 aliphatic carbocycles. The lowest BCUT2D eigenvalue weighted by Crippen LogP contribution is -2.11. The second-order valence-corrected chi connectivity index (χ2v) is 3.86. The van der Waals surface area contributed by atoms with Crippen LogP contribution < -0.4 is 0 Å². The molecular formula is C11H16ClFN2O. The molecule has 1 aromatic rings. The van der Waals surface area contributed by atoms with Crippen LogP contribution in [0.15, 0.2) is 0 Å². The Kier molecular flexibility index (Phi) is 5.09. The summed E-state index contributed by atoms with van der Waals surface area (Å²) in [6.07, 6.45) is 1.55. The van der Waals surface area contributed by atoms with E-state index >= 15 is 0 Å². The van der Waals surface area contributed by atoms with Crippen LogP contribution in [0, 0.1) is 12.7 Å². The highest BCUT2D eigenvalue weighted by Gasteiger charge is 2.17. The molecule has 0 spiro atoms. The maximum atomic E-state index is 13.2. The van der Waals surface area contributed by atoms with Gasteiger partial charge in [-0.25, -0.2) is 14.4 Å². The van der Waals surface area contributed by atoms with Gasteiger partial charge in [-0.05, 0) is 20.3 Å². The van der Waals surface area contributed by atoms with Gasteiger partial charge in [-0.1, -0.05) is 24.9 Å². The molecular weight excluding hydrogens is 231 g/mol. The van der Waals surface area contributed by atoms with Crippen molar-refractivity contribution in [2.45, 2.75) is 39.7 Å². The molecule has 0 saturated carbocycles. The maximum Gasteiger partial charge on any atom is 0.181 e. The fourth-order valence-corrected chi connectivity index (χ4v) is 1.66. The predicted octanol–water partition coefficient (Wildman–Crippen LogP) is 3.46. The van der Waals surface area contributed by atoms with Gasteiger partial charge in [0.25, 0.3) is 0 Å². The number of hydrogen-bond acceptors (Lipinski definition) is 3. The number of halogens is 2. The summed E-state index contributed by atoms with van der Waals surface area (Å²) in [5.41, 5.74) is 0.260. The second kappa shape index (κ2) is 6.11. The quantitative estimate of drug-likeness (QED) is 0.747. The summed E-state index contributed by atoms with van der Waals surface area (Å²) in [4.78, 5) is 8.00. The zero-order valence-electron chi connectivity index (χ0n) is 9.76. The lowest BCUT2D eigenvalue weighted by molar-refractivity contribution is 0.0491. The Hall–Kier alpha value is -0.740. The second-order valence-electron chi connectivity index (χ2n) is 3.50. The molecule has 0 aliphatic heterocycles. The Balaban J connectivity index is 3.00. The molecule has 16 heavy (non-hydrogen) atoms. The standard InChI is InChI=1S/C11H16ClFN2O/c1-4-6-8(16-5-2)11-14-7(3)9(13)10(12)15-11/h8H,4-6H2,1-3H3. The molecule has 0 aromatic carbocycles. The molecule has 0 bridgehead atoms. The average molecular weight is 247 g/mol. The van der Waals surface area contributed by atoms with E-state index in [1.807, 2.05) is 13.8 Å². The van der Waals surface area contributed by atoms with Crippen LogP contribution in [0.4, 0.5) is 4.39 Å². The van der Waals surface area contributed by atoms with E-state index < -0.39 is 5.82 Å². The Bertz CT molecular complexity index is 331. The van der Waals surface area contributed by atoms with E-state index in [4.69, 9.17) is 16.3 Å². The van der Waals surface area contributed by atoms with Gasteiger partial charge in [0.2, 0.25) is 0 Å². The van der Waals surface area contributed by atoms with E-state index in [0.717, 1.165) is 12.8 Å². The van der Waals surface area contributed by atoms with Crippen LogP contribution in [-0.2, 0) is 4.74 Å². The first kappa shape index (κ1) is 13.3. The number of aromatic nitrogens is 2. The Labute approximate surface area is 100 Å². The monoisotopic (exact) mass is 246 g/mol. The molecule has 1 aromatic heterocycles. The van der Waals surface area contributed by atoms with Crippen molar-refractivity contribution >= 4 is 11.6 Å². The van der Waals surface area contributed by atoms with Crippen LogP contribution in [-0.4, -0.2) is 16.6 Å². The van der Waals surface area contributed by atoms with Gasteiger partial charge in [0.05, 0.1) is 5.69 Å². The molecule has 3 nitrogen and oxygen atoms in total. The highest BCUT2D eigenvalue weighted by atomic mass is 35.5. The van der Waals surface area contributed by atoms with E-state index in [1.165, 1.54) is 0 Å². The Morgan fingerprint density at radius 3 is 2.56 bits per heavy atom. The highest BCUT2D eigenvalue weighted by molar-refractivity contribution is 6.29. The first-order chi connectivity index (χ1) is 7.60. The molecule has 1 unspecified atom stereocenters. The van der Waals surface area contributed by atoms with Gasteiger partial charge in [-0.3, -0.25) is 0 Å². The van der Waals surface area contributed by atoms with Crippen molar-refractivity contribution in [2.24, 2.45) is 0 Å². The summed E-state index contributed by atoms with van der Waals surface area (Å²) in [5, 5.41) is -0.136. The number of hydrogen-bond donors (Lipinski definition) is 0. The fourth-order valence-electron chi connectivity index (χ4n) is 1.44. The van der Waals surface area contributed by atoms with Crippen molar-refractivity contribution in [1.29, 1.82) is 0 Å². The topological polar surface area (TPSA) is 35.0 Å². The largest absolute Gasteiger partial charge is 0.371 e. The maximum absolute atomic E-state index is 13.2. The third-order valence-corrected chi connectivity index (χ3v) is 2.45. The lowest BCUT2D eigenvalue weighted by atomic mass is 10.2. The number of rotatable bonds is 5. The lowest BCUT2D eigenvalue weighted by Gasteiger charge is -2.15. The minimum absolute atomic E-state index is 0.136. The van der Waals surface area contributed by atoms with Gasteiger partial charge in [-0.2, -0.15) is 0 Å². The van der Waals surface area contributed by atoms with Crippen LogP contribution in [0.1, 0.15) is 44.3 Å². The van der Waals surface area contributed by atoms with Crippen LogP contribution >= 0.6 is 11.6 Å². The van der Waals surface area contributed by atoms with Crippen molar-refractivity contribution in [3.05, 3.63) is 22.5 Å². The van der Waals surface area contributed by atoms with Crippen molar-refractivity contribution in [3.8, 4) is 0 Å². The molecule has 90 valence electrons. The molecule has 0 fully saturated rings. The van der Waals surface area contributed by atoms with E-state index in [0.29, 0.717) is 12.4 Å². The first-order valence-corrected chi connectivity index (χ1v) is 5.79. The molecule has 0 amide bonds. The summed E-state index contributed by atoms with van der Waals surface area (Å²) in [6, 6.07) is 0. The zero-order valence-corrected chi connectivity index (χ0v) is 10.5. The molecule has 0 N–H and O–H groups in total. The van der Waals surface area contributed by atoms with Crippen molar-refractivity contribution in [1.82, 2.24) is 9.97 Å². The van der Waals surface area contributed by atoms with E-state index in [2.05, 4.69) is 9.97 Å². The highest BCUT2D eigenvalue weighted by Crippen LogP contribution is 2.23. The SMILES string of the molecule is CCCC(OCC)c1nc(C)c(F)c(Cl)n1. The normalized spacial score (nSPS) is 12.8. The number of aryl methyl sites for hydroxylation is 1. The molecule has 0 radical (unpaired) electrons. The van der Waals surface area contributed by atoms with E-state index in [1.54, 1.807) is 6.92 Å². The zero-order chi connectivity index (χ0) is 12.1. The molecule has 1 atom stereocenters. The first-order valence-electron chi connectivity index (χ1n) is 5.41. The average Bonchev–Trinajstić information content (AvgIpc) is 2.25. The third kappa shape index (κ3) is 3.12. The minimum atomic E-state index is -0.558. The number of ether oxygens (including phenoxy) is 1. The fraction of sp³-hybridized carbons (Fsp3) is 0.636. The molecule has 1 heterocycles. The van der Waals surface area contributed by atoms with Crippen LogP contribution in [0.2, 0.25) is 5.15 Å². The summed E-state index contributed by atoms with van der Waals surface area (Å²) >= 11 is 5.68. The van der Waals surface area contributed by atoms with Gasteiger partial charge in [-0.15, -0.1) is 0 Å². The predicted molar refractivity (Wildman–Crippen MR) is 61.0 cm³/mol. The van der Waals surface area contributed by atoms with Crippen LogP contribution in [0.5, 0.6) is 0 Å².